The molecular formula is C14H14F4N2S. The van der Waals surface area contributed by atoms with Crippen LogP contribution in [0.15, 0.2) is 24.4 Å². The van der Waals surface area contributed by atoms with Crippen molar-refractivity contribution in [1.82, 2.24) is 10.3 Å². The van der Waals surface area contributed by atoms with E-state index in [0.29, 0.717) is 0 Å². The molecule has 1 atom stereocenters. The zero-order chi connectivity index (χ0) is 15.6. The minimum absolute atomic E-state index is 0.0232. The third kappa shape index (κ3) is 3.41. The van der Waals surface area contributed by atoms with Gasteiger partial charge in [-0.05, 0) is 25.6 Å². The Morgan fingerprint density at radius 2 is 2.05 bits per heavy atom. The van der Waals surface area contributed by atoms with Crippen LogP contribution in [0.3, 0.4) is 0 Å². The molecule has 1 unspecified atom stereocenters. The topological polar surface area (TPSA) is 24.9 Å². The first kappa shape index (κ1) is 15.9. The van der Waals surface area contributed by atoms with E-state index in [9.17, 15) is 17.6 Å². The molecule has 1 aromatic carbocycles. The van der Waals surface area contributed by atoms with E-state index in [1.165, 1.54) is 23.5 Å². The van der Waals surface area contributed by atoms with Gasteiger partial charge in [-0.25, -0.2) is 9.37 Å². The molecule has 2 nitrogen and oxygen atoms in total. The van der Waals surface area contributed by atoms with Crippen molar-refractivity contribution in [3.63, 3.8) is 0 Å². The standard InChI is InChI=1S/C14H14F4N2S/c1-3-19-8(2)11-7-20-13(21-11)9-5-4-6-10(12(9)15)14(16,17)18/h4-8,19H,3H2,1-2H3. The summed E-state index contributed by atoms with van der Waals surface area (Å²) in [5.41, 5.74) is -1.39. The monoisotopic (exact) mass is 318 g/mol. The van der Waals surface area contributed by atoms with Crippen molar-refractivity contribution in [2.45, 2.75) is 26.1 Å². The molecule has 114 valence electrons. The molecule has 0 aliphatic rings. The van der Waals surface area contributed by atoms with Crippen LogP contribution < -0.4 is 5.32 Å². The molecular weight excluding hydrogens is 304 g/mol. The molecule has 21 heavy (non-hydrogen) atoms. The number of hydrogen-bond acceptors (Lipinski definition) is 3. The fourth-order valence-electron chi connectivity index (χ4n) is 1.93. The third-order valence-corrected chi connectivity index (χ3v) is 4.21. The Balaban J connectivity index is 2.39. The van der Waals surface area contributed by atoms with Crippen molar-refractivity contribution < 1.29 is 17.6 Å². The Kier molecular flexibility index (Phi) is 4.63. The Labute approximate surface area is 123 Å². The summed E-state index contributed by atoms with van der Waals surface area (Å²) in [4.78, 5) is 4.90. The predicted molar refractivity (Wildman–Crippen MR) is 74.6 cm³/mol. The largest absolute Gasteiger partial charge is 0.419 e. The summed E-state index contributed by atoms with van der Waals surface area (Å²) >= 11 is 1.19. The van der Waals surface area contributed by atoms with Crippen LogP contribution in [-0.4, -0.2) is 11.5 Å². The summed E-state index contributed by atoms with van der Waals surface area (Å²) in [6, 6.07) is 3.26. The van der Waals surface area contributed by atoms with Gasteiger partial charge in [-0.2, -0.15) is 13.2 Å². The molecule has 1 N–H and O–H groups in total. The van der Waals surface area contributed by atoms with Crippen LogP contribution in [0.1, 0.15) is 30.3 Å². The minimum atomic E-state index is -4.71. The van der Waals surface area contributed by atoms with Gasteiger partial charge in [0.05, 0.1) is 5.56 Å². The summed E-state index contributed by atoms with van der Waals surface area (Å²) in [6.07, 6.45) is -3.15. The van der Waals surface area contributed by atoms with Crippen molar-refractivity contribution in [2.24, 2.45) is 0 Å². The Hall–Kier alpha value is -1.47. The lowest BCUT2D eigenvalue weighted by Crippen LogP contribution is -2.16. The number of thiazole rings is 1. The highest BCUT2D eigenvalue weighted by atomic mass is 32.1. The SMILES string of the molecule is CCNC(C)c1cnc(-c2cccc(C(F)(F)F)c2F)s1. The number of rotatable bonds is 4. The summed E-state index contributed by atoms with van der Waals surface area (Å²) in [6.45, 7) is 4.63. The Morgan fingerprint density at radius 1 is 1.33 bits per heavy atom. The molecule has 0 radical (unpaired) electrons. The second-order valence-corrected chi connectivity index (χ2v) is 5.57. The van der Waals surface area contributed by atoms with Crippen molar-refractivity contribution in [3.8, 4) is 10.6 Å². The average molecular weight is 318 g/mol. The molecule has 1 aromatic heterocycles. The van der Waals surface area contributed by atoms with Crippen LogP contribution in [0.2, 0.25) is 0 Å². The van der Waals surface area contributed by atoms with Crippen LogP contribution in [0, 0.1) is 5.82 Å². The number of alkyl halides is 3. The van der Waals surface area contributed by atoms with E-state index in [-0.39, 0.29) is 16.6 Å². The molecule has 0 spiro atoms. The van der Waals surface area contributed by atoms with E-state index in [1.54, 1.807) is 6.20 Å². The van der Waals surface area contributed by atoms with Gasteiger partial charge in [0, 0.05) is 22.7 Å². The van der Waals surface area contributed by atoms with Crippen LogP contribution >= 0.6 is 11.3 Å². The van der Waals surface area contributed by atoms with E-state index in [4.69, 9.17) is 0 Å². The minimum Gasteiger partial charge on any atom is -0.310 e. The lowest BCUT2D eigenvalue weighted by Gasteiger charge is -2.10. The lowest BCUT2D eigenvalue weighted by atomic mass is 10.1. The molecule has 2 rings (SSSR count). The maximum absolute atomic E-state index is 14.0. The highest BCUT2D eigenvalue weighted by Gasteiger charge is 2.35. The summed E-state index contributed by atoms with van der Waals surface area (Å²) in [7, 11) is 0. The van der Waals surface area contributed by atoms with E-state index in [2.05, 4.69) is 10.3 Å². The van der Waals surface area contributed by atoms with E-state index in [0.717, 1.165) is 17.5 Å². The molecule has 0 fully saturated rings. The molecule has 0 saturated carbocycles. The van der Waals surface area contributed by atoms with Gasteiger partial charge in [-0.1, -0.05) is 13.0 Å². The van der Waals surface area contributed by atoms with Gasteiger partial charge in [0.25, 0.3) is 0 Å². The number of nitrogens with one attached hydrogen (secondary N) is 1. The molecule has 7 heteroatoms. The third-order valence-electron chi connectivity index (χ3n) is 3.00. The fourth-order valence-corrected chi connectivity index (χ4v) is 2.90. The van der Waals surface area contributed by atoms with Gasteiger partial charge in [0.15, 0.2) is 0 Å². The van der Waals surface area contributed by atoms with Crippen molar-refractivity contribution in [1.29, 1.82) is 0 Å². The molecule has 0 aliphatic carbocycles. The van der Waals surface area contributed by atoms with Gasteiger partial charge in [0.2, 0.25) is 0 Å². The summed E-state index contributed by atoms with van der Waals surface area (Å²) in [5.74, 6) is -1.28. The Morgan fingerprint density at radius 3 is 2.67 bits per heavy atom. The fraction of sp³-hybridized carbons (Fsp3) is 0.357. The highest BCUT2D eigenvalue weighted by molar-refractivity contribution is 7.15. The van der Waals surface area contributed by atoms with Gasteiger partial charge in [0.1, 0.15) is 10.8 Å². The van der Waals surface area contributed by atoms with Crippen molar-refractivity contribution in [3.05, 3.63) is 40.7 Å². The molecule has 0 amide bonds. The molecule has 1 heterocycles. The van der Waals surface area contributed by atoms with E-state index in [1.807, 2.05) is 13.8 Å². The summed E-state index contributed by atoms with van der Waals surface area (Å²) < 4.78 is 52.2. The molecule has 0 bridgehead atoms. The van der Waals surface area contributed by atoms with Crippen molar-refractivity contribution >= 4 is 11.3 Å². The average Bonchev–Trinajstić information content (AvgIpc) is 2.87. The van der Waals surface area contributed by atoms with E-state index < -0.39 is 17.6 Å². The maximum atomic E-state index is 14.0. The first-order valence-corrected chi connectivity index (χ1v) is 7.21. The van der Waals surface area contributed by atoms with E-state index >= 15 is 0 Å². The first-order valence-electron chi connectivity index (χ1n) is 6.39. The van der Waals surface area contributed by atoms with Crippen LogP contribution in [0.25, 0.3) is 10.6 Å². The van der Waals surface area contributed by atoms with Gasteiger partial charge in [-0.3, -0.25) is 0 Å². The number of hydrogen-bond donors (Lipinski definition) is 1. The predicted octanol–water partition coefficient (Wildman–Crippen LogP) is 4.64. The lowest BCUT2D eigenvalue weighted by molar-refractivity contribution is -0.139. The molecule has 0 saturated heterocycles. The number of halogens is 4. The van der Waals surface area contributed by atoms with Crippen molar-refractivity contribution in [2.75, 3.05) is 6.54 Å². The first-order chi connectivity index (χ1) is 9.84. The highest BCUT2D eigenvalue weighted by Crippen LogP contribution is 2.37. The van der Waals surface area contributed by atoms with Gasteiger partial charge < -0.3 is 5.32 Å². The zero-order valence-corrected chi connectivity index (χ0v) is 12.3. The Bertz CT molecular complexity index is 622. The molecule has 2 aromatic rings. The van der Waals surface area contributed by atoms with Crippen LogP contribution in [0.4, 0.5) is 17.6 Å². The number of benzene rings is 1. The normalized spacial score (nSPS) is 13.4. The summed E-state index contributed by atoms with van der Waals surface area (Å²) in [5, 5.41) is 3.42. The smallest absolute Gasteiger partial charge is 0.310 e. The second-order valence-electron chi connectivity index (χ2n) is 4.51. The van der Waals surface area contributed by atoms with Crippen LogP contribution in [-0.2, 0) is 6.18 Å². The molecule has 0 aliphatic heterocycles. The number of nitrogens with zero attached hydrogens (tertiary/aromatic N) is 1. The van der Waals surface area contributed by atoms with Gasteiger partial charge >= 0.3 is 6.18 Å². The zero-order valence-electron chi connectivity index (χ0n) is 11.5. The number of aromatic nitrogens is 1. The second kappa shape index (κ2) is 6.11. The maximum Gasteiger partial charge on any atom is 0.419 e. The quantitative estimate of drug-likeness (QED) is 0.831. The van der Waals surface area contributed by atoms with Gasteiger partial charge in [-0.15, -0.1) is 11.3 Å². The van der Waals surface area contributed by atoms with Crippen LogP contribution in [0.5, 0.6) is 0 Å².